The second-order valence-corrected chi connectivity index (χ2v) is 6.42. The minimum atomic E-state index is -0.0543. The van der Waals surface area contributed by atoms with E-state index < -0.39 is 0 Å². The fourth-order valence-corrected chi connectivity index (χ4v) is 3.31. The van der Waals surface area contributed by atoms with Gasteiger partial charge in [-0.1, -0.05) is 18.2 Å². The van der Waals surface area contributed by atoms with Crippen LogP contribution >= 0.6 is 27.3 Å². The smallest absolute Gasteiger partial charge is 0.148 e. The molecule has 98 valence electrons. The Hall–Kier alpha value is -1.10. The highest BCUT2D eigenvalue weighted by atomic mass is 79.9. The van der Waals surface area contributed by atoms with Gasteiger partial charge in [0.15, 0.2) is 0 Å². The molecule has 3 rings (SSSR count). The SMILES string of the molecule is NC(CCc1cccs1)c1cc2cccc(Br)c2o1. The summed E-state index contributed by atoms with van der Waals surface area (Å²) in [5, 5.41) is 3.19. The highest BCUT2D eigenvalue weighted by Crippen LogP contribution is 2.30. The van der Waals surface area contributed by atoms with Gasteiger partial charge in [0.2, 0.25) is 0 Å². The van der Waals surface area contributed by atoms with Gasteiger partial charge in [0.25, 0.3) is 0 Å². The summed E-state index contributed by atoms with van der Waals surface area (Å²) in [5.74, 6) is 0.860. The number of thiophene rings is 1. The second kappa shape index (κ2) is 5.49. The molecule has 0 saturated heterocycles. The number of halogens is 1. The lowest BCUT2D eigenvalue weighted by Gasteiger charge is -2.07. The molecule has 0 amide bonds. The van der Waals surface area contributed by atoms with Gasteiger partial charge in [0, 0.05) is 10.3 Å². The molecule has 1 unspecified atom stereocenters. The van der Waals surface area contributed by atoms with Crippen LogP contribution in [0, 0.1) is 0 Å². The van der Waals surface area contributed by atoms with Crippen LogP contribution in [0.15, 0.2) is 50.7 Å². The first-order chi connectivity index (χ1) is 9.24. The van der Waals surface area contributed by atoms with Gasteiger partial charge in [-0.15, -0.1) is 11.3 Å². The lowest BCUT2D eigenvalue weighted by molar-refractivity contribution is 0.478. The fourth-order valence-electron chi connectivity index (χ4n) is 2.13. The summed E-state index contributed by atoms with van der Waals surface area (Å²) in [6.45, 7) is 0. The Labute approximate surface area is 124 Å². The second-order valence-electron chi connectivity index (χ2n) is 4.53. The van der Waals surface area contributed by atoms with Crippen molar-refractivity contribution in [1.29, 1.82) is 0 Å². The third kappa shape index (κ3) is 2.76. The number of fused-ring (bicyclic) bond motifs is 1. The van der Waals surface area contributed by atoms with E-state index in [1.807, 2.05) is 24.3 Å². The average Bonchev–Trinajstić information content (AvgIpc) is 3.05. The lowest BCUT2D eigenvalue weighted by atomic mass is 10.1. The van der Waals surface area contributed by atoms with Gasteiger partial charge < -0.3 is 10.2 Å². The largest absolute Gasteiger partial charge is 0.458 e. The first kappa shape index (κ1) is 12.9. The zero-order chi connectivity index (χ0) is 13.2. The molecule has 0 saturated carbocycles. The van der Waals surface area contributed by atoms with Crippen molar-refractivity contribution >= 4 is 38.2 Å². The third-order valence-corrected chi connectivity index (χ3v) is 4.72. The van der Waals surface area contributed by atoms with Crippen LogP contribution in [0.1, 0.15) is 23.1 Å². The van der Waals surface area contributed by atoms with Crippen LogP contribution in [0.4, 0.5) is 0 Å². The van der Waals surface area contributed by atoms with Gasteiger partial charge in [-0.2, -0.15) is 0 Å². The average molecular weight is 336 g/mol. The van der Waals surface area contributed by atoms with Crippen LogP contribution in [-0.4, -0.2) is 0 Å². The number of hydrogen-bond donors (Lipinski definition) is 1. The van der Waals surface area contributed by atoms with Gasteiger partial charge in [0.1, 0.15) is 11.3 Å². The Morgan fingerprint density at radius 3 is 2.89 bits per heavy atom. The Bertz CT molecular complexity index is 675. The molecule has 2 aromatic heterocycles. The maximum atomic E-state index is 6.22. The van der Waals surface area contributed by atoms with Gasteiger partial charge in [-0.05, 0) is 52.4 Å². The summed E-state index contributed by atoms with van der Waals surface area (Å²) in [7, 11) is 0. The first-order valence-corrected chi connectivity index (χ1v) is 7.87. The molecule has 0 fully saturated rings. The van der Waals surface area contributed by atoms with Crippen molar-refractivity contribution in [2.75, 3.05) is 0 Å². The number of para-hydroxylation sites is 1. The number of aryl methyl sites for hydroxylation is 1. The topological polar surface area (TPSA) is 39.2 Å². The molecule has 1 aromatic carbocycles. The summed E-state index contributed by atoms with van der Waals surface area (Å²) < 4.78 is 6.84. The van der Waals surface area contributed by atoms with E-state index in [0.29, 0.717) is 0 Å². The van der Waals surface area contributed by atoms with Crippen molar-refractivity contribution in [3.05, 3.63) is 56.9 Å². The Kier molecular flexibility index (Phi) is 3.73. The third-order valence-electron chi connectivity index (χ3n) is 3.16. The molecule has 0 radical (unpaired) electrons. The molecule has 2 nitrogen and oxygen atoms in total. The fraction of sp³-hybridized carbons (Fsp3) is 0.200. The Balaban J connectivity index is 1.77. The monoisotopic (exact) mass is 335 g/mol. The van der Waals surface area contributed by atoms with E-state index in [2.05, 4.69) is 33.4 Å². The van der Waals surface area contributed by atoms with Crippen molar-refractivity contribution in [3.8, 4) is 0 Å². The predicted molar refractivity (Wildman–Crippen MR) is 83.5 cm³/mol. The van der Waals surface area contributed by atoms with Crippen LogP contribution in [-0.2, 0) is 6.42 Å². The van der Waals surface area contributed by atoms with E-state index >= 15 is 0 Å². The number of rotatable bonds is 4. The Morgan fingerprint density at radius 1 is 1.26 bits per heavy atom. The van der Waals surface area contributed by atoms with E-state index in [-0.39, 0.29) is 6.04 Å². The molecule has 19 heavy (non-hydrogen) atoms. The Morgan fingerprint density at radius 2 is 2.16 bits per heavy atom. The number of benzene rings is 1. The quantitative estimate of drug-likeness (QED) is 0.737. The standard InChI is InChI=1S/C15H14BrNOS/c16-12-5-1-3-10-9-14(18-15(10)12)13(17)7-6-11-4-2-8-19-11/h1-5,8-9,13H,6-7,17H2. The highest BCUT2D eigenvalue weighted by molar-refractivity contribution is 9.10. The first-order valence-electron chi connectivity index (χ1n) is 6.20. The normalized spacial score (nSPS) is 12.9. The number of furan rings is 1. The zero-order valence-corrected chi connectivity index (χ0v) is 12.7. The van der Waals surface area contributed by atoms with Crippen molar-refractivity contribution in [1.82, 2.24) is 0 Å². The summed E-state index contributed by atoms with van der Waals surface area (Å²) >= 11 is 5.27. The summed E-state index contributed by atoms with van der Waals surface area (Å²) in [6, 6.07) is 12.2. The van der Waals surface area contributed by atoms with Gasteiger partial charge >= 0.3 is 0 Å². The molecule has 1 atom stereocenters. The molecule has 4 heteroatoms. The van der Waals surface area contributed by atoms with Crippen molar-refractivity contribution < 1.29 is 4.42 Å². The predicted octanol–water partition coefficient (Wildman–Crippen LogP) is 4.89. The molecule has 0 aliphatic rings. The highest BCUT2D eigenvalue weighted by Gasteiger charge is 2.13. The van der Waals surface area contributed by atoms with E-state index in [0.717, 1.165) is 34.0 Å². The molecule has 2 N–H and O–H groups in total. The van der Waals surface area contributed by atoms with Crippen LogP contribution < -0.4 is 5.73 Å². The molecule has 3 aromatic rings. The van der Waals surface area contributed by atoms with E-state index in [9.17, 15) is 0 Å². The molecule has 0 aliphatic carbocycles. The molecule has 0 aliphatic heterocycles. The molecular weight excluding hydrogens is 322 g/mol. The van der Waals surface area contributed by atoms with Crippen LogP contribution in [0.5, 0.6) is 0 Å². The van der Waals surface area contributed by atoms with Crippen LogP contribution in [0.2, 0.25) is 0 Å². The molecule has 0 spiro atoms. The zero-order valence-electron chi connectivity index (χ0n) is 10.3. The molecule has 2 heterocycles. The van der Waals surface area contributed by atoms with E-state index in [1.54, 1.807) is 11.3 Å². The summed E-state index contributed by atoms with van der Waals surface area (Å²) in [6.07, 6.45) is 1.90. The van der Waals surface area contributed by atoms with E-state index in [4.69, 9.17) is 10.2 Å². The maximum Gasteiger partial charge on any atom is 0.148 e. The van der Waals surface area contributed by atoms with Crippen molar-refractivity contribution in [3.63, 3.8) is 0 Å². The minimum Gasteiger partial charge on any atom is -0.458 e. The van der Waals surface area contributed by atoms with Gasteiger partial charge in [0.05, 0.1) is 10.5 Å². The minimum absolute atomic E-state index is 0.0543. The van der Waals surface area contributed by atoms with Crippen LogP contribution in [0.25, 0.3) is 11.0 Å². The maximum absolute atomic E-state index is 6.22. The van der Waals surface area contributed by atoms with Crippen molar-refractivity contribution in [2.45, 2.75) is 18.9 Å². The van der Waals surface area contributed by atoms with Crippen LogP contribution in [0.3, 0.4) is 0 Å². The lowest BCUT2D eigenvalue weighted by Crippen LogP contribution is -2.09. The van der Waals surface area contributed by atoms with Crippen molar-refractivity contribution in [2.24, 2.45) is 5.73 Å². The van der Waals surface area contributed by atoms with Gasteiger partial charge in [-0.25, -0.2) is 0 Å². The summed E-state index contributed by atoms with van der Waals surface area (Å²) in [4.78, 5) is 1.37. The molecule has 0 bridgehead atoms. The van der Waals surface area contributed by atoms with Gasteiger partial charge in [-0.3, -0.25) is 0 Å². The number of hydrogen-bond acceptors (Lipinski definition) is 3. The number of nitrogens with two attached hydrogens (primary N) is 1. The summed E-state index contributed by atoms with van der Waals surface area (Å²) in [5.41, 5.74) is 7.10. The molecular formula is C15H14BrNOS. The van der Waals surface area contributed by atoms with E-state index in [1.165, 1.54) is 4.88 Å².